The molecule has 1 aliphatic rings. The van der Waals surface area contributed by atoms with Gasteiger partial charge in [-0.05, 0) is 48.9 Å². The van der Waals surface area contributed by atoms with Gasteiger partial charge in [0, 0.05) is 36.8 Å². The van der Waals surface area contributed by atoms with E-state index in [4.69, 9.17) is 4.74 Å². The highest BCUT2D eigenvalue weighted by Crippen LogP contribution is 2.30. The van der Waals surface area contributed by atoms with Gasteiger partial charge >= 0.3 is 0 Å². The Kier molecular flexibility index (Phi) is 9.50. The van der Waals surface area contributed by atoms with E-state index < -0.39 is 10.0 Å². The van der Waals surface area contributed by atoms with Gasteiger partial charge in [-0.1, -0.05) is 61.5 Å². The molecule has 214 valence electrons. The van der Waals surface area contributed by atoms with Gasteiger partial charge in [-0.25, -0.2) is 8.42 Å². The van der Waals surface area contributed by atoms with Crippen molar-refractivity contribution in [3.63, 3.8) is 0 Å². The number of rotatable bonds is 9. The van der Waals surface area contributed by atoms with Gasteiger partial charge in [-0.2, -0.15) is 0 Å². The molecule has 9 heteroatoms. The van der Waals surface area contributed by atoms with E-state index in [9.17, 15) is 18.3 Å². The van der Waals surface area contributed by atoms with Gasteiger partial charge in [-0.3, -0.25) is 14.4 Å². The Hall–Kier alpha value is -3.40. The molecule has 40 heavy (non-hydrogen) atoms. The van der Waals surface area contributed by atoms with Crippen LogP contribution in [-0.2, 0) is 27.8 Å². The van der Waals surface area contributed by atoms with Crippen LogP contribution in [0.4, 0.5) is 5.69 Å². The third-order valence-corrected chi connectivity index (χ3v) is 7.83. The number of sulfonamides is 1. The van der Waals surface area contributed by atoms with Crippen molar-refractivity contribution >= 4 is 21.6 Å². The van der Waals surface area contributed by atoms with Gasteiger partial charge in [0.05, 0.1) is 25.3 Å². The predicted octanol–water partition coefficient (Wildman–Crippen LogP) is 4.01. The Morgan fingerprint density at radius 2 is 1.75 bits per heavy atom. The molecule has 0 fully saturated rings. The molecule has 1 heterocycles. The van der Waals surface area contributed by atoms with Gasteiger partial charge in [0.2, 0.25) is 15.9 Å². The van der Waals surface area contributed by atoms with Crippen molar-refractivity contribution in [2.45, 2.75) is 39.0 Å². The zero-order valence-electron chi connectivity index (χ0n) is 23.6. The minimum Gasteiger partial charge on any atom is -0.488 e. The number of fused-ring (bicyclic) bond motifs is 1. The second-order valence-electron chi connectivity index (χ2n) is 10.8. The minimum absolute atomic E-state index is 0.0272. The Labute approximate surface area is 237 Å². The molecule has 0 radical (unpaired) electrons. The molecule has 0 aromatic heterocycles. The van der Waals surface area contributed by atoms with Crippen LogP contribution in [0.15, 0.2) is 72.8 Å². The lowest BCUT2D eigenvalue weighted by molar-refractivity contribution is -0.134. The van der Waals surface area contributed by atoms with Crippen LogP contribution in [0.5, 0.6) is 5.75 Å². The molecule has 0 saturated carbocycles. The summed E-state index contributed by atoms with van der Waals surface area (Å²) in [4.78, 5) is 17.2. The number of likely N-dealkylation sites (N-methyl/N-ethyl adjacent to an activating group) is 1. The molecule has 0 spiro atoms. The standard InChI is InChI=1S/C31H39N3O5S/c1-22-18-34(23(2)21-35)31(36)17-27-16-28(32-40(4,37)38)14-15-29(27)39-30(22)20-33(3)19-24-10-12-26(13-11-24)25-8-6-5-7-9-25/h5-16,22-23,30,32,35H,17-21H2,1-4H3/t22-,23-,30-/m1/s1. The predicted molar refractivity (Wildman–Crippen MR) is 159 cm³/mol. The Morgan fingerprint density at radius 3 is 2.40 bits per heavy atom. The van der Waals surface area contributed by atoms with E-state index in [1.165, 1.54) is 16.7 Å². The van der Waals surface area contributed by atoms with Crippen LogP contribution in [0, 0.1) is 5.92 Å². The molecule has 0 bridgehead atoms. The summed E-state index contributed by atoms with van der Waals surface area (Å²) in [5.41, 5.74) is 4.51. The van der Waals surface area contributed by atoms with Gasteiger partial charge in [0.1, 0.15) is 11.9 Å². The van der Waals surface area contributed by atoms with E-state index in [0.717, 1.165) is 12.8 Å². The van der Waals surface area contributed by atoms with Crippen molar-refractivity contribution < 1.29 is 23.1 Å². The first kappa shape index (κ1) is 29.6. The van der Waals surface area contributed by atoms with Crippen molar-refractivity contribution in [2.75, 3.05) is 37.7 Å². The maximum absolute atomic E-state index is 13.3. The highest BCUT2D eigenvalue weighted by molar-refractivity contribution is 7.92. The maximum Gasteiger partial charge on any atom is 0.229 e. The molecular weight excluding hydrogens is 526 g/mol. The molecule has 0 aliphatic carbocycles. The zero-order valence-corrected chi connectivity index (χ0v) is 24.4. The SMILES string of the molecule is C[C@@H]1CN([C@H](C)CO)C(=O)Cc2cc(NS(C)(=O)=O)ccc2O[C@@H]1CN(C)Cc1ccc(-c2ccccc2)cc1. The second kappa shape index (κ2) is 12.8. The number of nitrogens with zero attached hydrogens (tertiary/aromatic N) is 2. The lowest BCUT2D eigenvalue weighted by Crippen LogP contribution is -2.47. The van der Waals surface area contributed by atoms with Crippen molar-refractivity contribution in [1.29, 1.82) is 0 Å². The third-order valence-electron chi connectivity index (χ3n) is 7.22. The summed E-state index contributed by atoms with van der Waals surface area (Å²) in [6, 6.07) is 23.5. The van der Waals surface area contributed by atoms with Crippen molar-refractivity contribution in [2.24, 2.45) is 5.92 Å². The highest BCUT2D eigenvalue weighted by Gasteiger charge is 2.31. The summed E-state index contributed by atoms with van der Waals surface area (Å²) < 4.78 is 32.6. The fraction of sp³-hybridized carbons (Fsp3) is 0.387. The largest absolute Gasteiger partial charge is 0.488 e. The molecular formula is C31H39N3O5S. The summed E-state index contributed by atoms with van der Waals surface area (Å²) in [5.74, 6) is 0.395. The molecule has 0 saturated heterocycles. The first-order valence-corrected chi connectivity index (χ1v) is 15.4. The Morgan fingerprint density at radius 1 is 1.07 bits per heavy atom. The normalized spacial score (nSPS) is 18.8. The average Bonchev–Trinajstić information content (AvgIpc) is 2.96. The van der Waals surface area contributed by atoms with Crippen molar-refractivity contribution in [1.82, 2.24) is 9.80 Å². The second-order valence-corrected chi connectivity index (χ2v) is 12.6. The van der Waals surface area contributed by atoms with E-state index in [-0.39, 0.29) is 37.0 Å². The maximum atomic E-state index is 13.3. The lowest BCUT2D eigenvalue weighted by atomic mass is 10.0. The summed E-state index contributed by atoms with van der Waals surface area (Å²) >= 11 is 0. The summed E-state index contributed by atoms with van der Waals surface area (Å²) in [6.45, 7) is 5.51. The summed E-state index contributed by atoms with van der Waals surface area (Å²) in [7, 11) is -1.43. The molecule has 2 N–H and O–H groups in total. The van der Waals surface area contributed by atoms with Crippen LogP contribution in [-0.4, -0.2) is 74.4 Å². The van der Waals surface area contributed by atoms with Crippen LogP contribution in [0.2, 0.25) is 0 Å². The number of ether oxygens (including phenoxy) is 1. The molecule has 4 rings (SSSR count). The number of anilines is 1. The van der Waals surface area contributed by atoms with Gasteiger partial charge < -0.3 is 14.7 Å². The molecule has 3 atom stereocenters. The molecule has 8 nitrogen and oxygen atoms in total. The highest BCUT2D eigenvalue weighted by atomic mass is 32.2. The zero-order chi connectivity index (χ0) is 28.9. The molecule has 0 unspecified atom stereocenters. The average molecular weight is 566 g/mol. The van der Waals surface area contributed by atoms with Crippen molar-refractivity contribution in [3.05, 3.63) is 83.9 Å². The van der Waals surface area contributed by atoms with E-state index in [1.54, 1.807) is 23.1 Å². The summed E-state index contributed by atoms with van der Waals surface area (Å²) in [6.07, 6.45) is 0.881. The lowest BCUT2D eigenvalue weighted by Gasteiger charge is -2.34. The van der Waals surface area contributed by atoms with Crippen LogP contribution in [0.25, 0.3) is 11.1 Å². The summed E-state index contributed by atoms with van der Waals surface area (Å²) in [5, 5.41) is 9.85. The van der Waals surface area contributed by atoms with Crippen LogP contribution in [0.3, 0.4) is 0 Å². The molecule has 3 aromatic carbocycles. The fourth-order valence-electron chi connectivity index (χ4n) is 5.04. The number of amides is 1. The minimum atomic E-state index is -3.48. The monoisotopic (exact) mass is 565 g/mol. The van der Waals surface area contributed by atoms with Gasteiger partial charge in [-0.15, -0.1) is 0 Å². The Balaban J connectivity index is 1.55. The third kappa shape index (κ3) is 7.84. The Bertz CT molecular complexity index is 1400. The van der Waals surface area contributed by atoms with Gasteiger partial charge in [0.15, 0.2) is 0 Å². The number of benzene rings is 3. The number of aliphatic hydroxyl groups is 1. The number of nitrogens with one attached hydrogen (secondary N) is 1. The van der Waals surface area contributed by atoms with E-state index in [0.29, 0.717) is 30.1 Å². The van der Waals surface area contributed by atoms with Crippen LogP contribution in [0.1, 0.15) is 25.0 Å². The molecule has 3 aromatic rings. The number of hydrogen-bond acceptors (Lipinski definition) is 6. The molecule has 1 aliphatic heterocycles. The van der Waals surface area contributed by atoms with E-state index >= 15 is 0 Å². The number of carbonyl (C=O) groups excluding carboxylic acids is 1. The first-order valence-electron chi connectivity index (χ1n) is 13.5. The number of aliphatic hydroxyl groups excluding tert-OH is 1. The van der Waals surface area contributed by atoms with Crippen LogP contribution >= 0.6 is 0 Å². The van der Waals surface area contributed by atoms with E-state index in [1.807, 2.05) is 32.2 Å². The topological polar surface area (TPSA) is 99.2 Å². The quantitative estimate of drug-likeness (QED) is 0.407. The van der Waals surface area contributed by atoms with Crippen molar-refractivity contribution in [3.8, 4) is 16.9 Å². The van der Waals surface area contributed by atoms with E-state index in [2.05, 4.69) is 52.9 Å². The fourth-order valence-corrected chi connectivity index (χ4v) is 5.60. The first-order chi connectivity index (χ1) is 19.0. The van der Waals surface area contributed by atoms with Crippen LogP contribution < -0.4 is 9.46 Å². The van der Waals surface area contributed by atoms with Gasteiger partial charge in [0.25, 0.3) is 0 Å². The number of hydrogen-bond donors (Lipinski definition) is 2. The number of carbonyl (C=O) groups is 1. The molecule has 1 amide bonds. The smallest absolute Gasteiger partial charge is 0.229 e.